The normalized spacial score (nSPS) is 16.0. The van der Waals surface area contributed by atoms with E-state index in [-0.39, 0.29) is 6.10 Å². The number of hydrogen-bond donors (Lipinski definition) is 1. The lowest BCUT2D eigenvalue weighted by Gasteiger charge is -2.22. The molecule has 1 heteroatoms. The highest BCUT2D eigenvalue weighted by atomic mass is 16.3. The Balaban J connectivity index is 3.82. The van der Waals surface area contributed by atoms with Crippen molar-refractivity contribution in [1.82, 2.24) is 0 Å². The molecule has 64 valence electrons. The Bertz CT molecular complexity index is 122. The minimum absolute atomic E-state index is 0.233. The molecule has 1 N–H and O–H groups in total. The summed E-state index contributed by atoms with van der Waals surface area (Å²) in [6.07, 6.45) is 6.62. The molecule has 0 aliphatic carbocycles. The first kappa shape index (κ1) is 10.5. The zero-order valence-electron chi connectivity index (χ0n) is 7.67. The molecule has 1 nitrogen and oxygen atoms in total. The fourth-order valence-electron chi connectivity index (χ4n) is 1.38. The molecule has 2 atom stereocenters. The Hall–Kier alpha value is -0.480. The first-order chi connectivity index (χ1) is 5.09. The lowest BCUT2D eigenvalue weighted by molar-refractivity contribution is 0.0930. The van der Waals surface area contributed by atoms with Crippen molar-refractivity contribution in [2.75, 3.05) is 0 Å². The van der Waals surface area contributed by atoms with Crippen LogP contribution in [0.5, 0.6) is 0 Å². The number of terminal acetylenes is 1. The summed E-state index contributed by atoms with van der Waals surface area (Å²) < 4.78 is 0. The molecule has 0 aliphatic rings. The monoisotopic (exact) mass is 154 g/mol. The number of rotatable bonds is 4. The van der Waals surface area contributed by atoms with Crippen LogP contribution in [0.2, 0.25) is 0 Å². The summed E-state index contributed by atoms with van der Waals surface area (Å²) in [6.45, 7) is 6.07. The molecule has 2 unspecified atom stereocenters. The van der Waals surface area contributed by atoms with Crippen LogP contribution in [-0.4, -0.2) is 11.2 Å². The third-order valence-corrected chi connectivity index (χ3v) is 2.10. The second kappa shape index (κ2) is 5.21. The molecule has 0 amide bonds. The van der Waals surface area contributed by atoms with Crippen LogP contribution in [0.1, 0.15) is 33.6 Å². The number of hydrogen-bond acceptors (Lipinski definition) is 1. The topological polar surface area (TPSA) is 20.2 Å². The van der Waals surface area contributed by atoms with E-state index in [4.69, 9.17) is 6.42 Å². The SMILES string of the molecule is C#CCCC(C(C)C)C(C)O. The van der Waals surface area contributed by atoms with Crippen molar-refractivity contribution in [3.63, 3.8) is 0 Å². The van der Waals surface area contributed by atoms with Gasteiger partial charge in [-0.1, -0.05) is 13.8 Å². The molecule has 0 spiro atoms. The van der Waals surface area contributed by atoms with Crippen LogP contribution in [0.3, 0.4) is 0 Å². The van der Waals surface area contributed by atoms with Gasteiger partial charge in [0, 0.05) is 6.42 Å². The Morgan fingerprint density at radius 1 is 1.36 bits per heavy atom. The van der Waals surface area contributed by atoms with E-state index in [1.807, 2.05) is 6.92 Å². The number of aliphatic hydroxyl groups excluding tert-OH is 1. The van der Waals surface area contributed by atoms with Crippen LogP contribution in [0, 0.1) is 24.2 Å². The average Bonchev–Trinajstić information content (AvgIpc) is 1.87. The van der Waals surface area contributed by atoms with E-state index in [1.54, 1.807) is 0 Å². The van der Waals surface area contributed by atoms with Crippen LogP contribution < -0.4 is 0 Å². The summed E-state index contributed by atoms with van der Waals surface area (Å²) in [5.41, 5.74) is 0. The van der Waals surface area contributed by atoms with Gasteiger partial charge in [-0.25, -0.2) is 0 Å². The first-order valence-corrected chi connectivity index (χ1v) is 4.21. The van der Waals surface area contributed by atoms with Crippen LogP contribution in [0.15, 0.2) is 0 Å². The van der Waals surface area contributed by atoms with E-state index >= 15 is 0 Å². The van der Waals surface area contributed by atoms with E-state index in [0.29, 0.717) is 11.8 Å². The van der Waals surface area contributed by atoms with E-state index in [2.05, 4.69) is 19.8 Å². The van der Waals surface area contributed by atoms with E-state index in [1.165, 1.54) is 0 Å². The number of aliphatic hydroxyl groups is 1. The van der Waals surface area contributed by atoms with Gasteiger partial charge in [0.1, 0.15) is 0 Å². The first-order valence-electron chi connectivity index (χ1n) is 4.21. The van der Waals surface area contributed by atoms with Crippen molar-refractivity contribution in [2.45, 2.75) is 39.7 Å². The van der Waals surface area contributed by atoms with Crippen molar-refractivity contribution in [3.8, 4) is 12.3 Å². The maximum atomic E-state index is 9.34. The maximum absolute atomic E-state index is 9.34. The van der Waals surface area contributed by atoms with Gasteiger partial charge < -0.3 is 5.11 Å². The van der Waals surface area contributed by atoms with Crippen molar-refractivity contribution in [1.29, 1.82) is 0 Å². The van der Waals surface area contributed by atoms with Gasteiger partial charge in [0.15, 0.2) is 0 Å². The summed E-state index contributed by atoms with van der Waals surface area (Å²) in [5, 5.41) is 9.34. The lowest BCUT2D eigenvalue weighted by Crippen LogP contribution is -2.21. The maximum Gasteiger partial charge on any atom is 0.0543 e. The van der Waals surface area contributed by atoms with Crippen molar-refractivity contribution < 1.29 is 5.11 Å². The highest BCUT2D eigenvalue weighted by molar-refractivity contribution is 4.85. The van der Waals surface area contributed by atoms with Gasteiger partial charge in [-0.05, 0) is 25.2 Å². The fourth-order valence-corrected chi connectivity index (χ4v) is 1.38. The van der Waals surface area contributed by atoms with Gasteiger partial charge in [0.25, 0.3) is 0 Å². The van der Waals surface area contributed by atoms with Crippen molar-refractivity contribution in [2.24, 2.45) is 11.8 Å². The second-order valence-corrected chi connectivity index (χ2v) is 3.39. The molecule has 0 bridgehead atoms. The molecule has 0 saturated heterocycles. The molecule has 0 saturated carbocycles. The summed E-state index contributed by atoms with van der Waals surface area (Å²) in [5.74, 6) is 3.47. The Labute approximate surface area is 69.8 Å². The third kappa shape index (κ3) is 4.06. The van der Waals surface area contributed by atoms with Gasteiger partial charge in [-0.2, -0.15) is 0 Å². The molecule has 0 radical (unpaired) electrons. The van der Waals surface area contributed by atoms with Crippen LogP contribution in [0.4, 0.5) is 0 Å². The van der Waals surface area contributed by atoms with E-state index < -0.39 is 0 Å². The van der Waals surface area contributed by atoms with Crippen LogP contribution >= 0.6 is 0 Å². The van der Waals surface area contributed by atoms with Crippen molar-refractivity contribution >= 4 is 0 Å². The van der Waals surface area contributed by atoms with Gasteiger partial charge in [-0.3, -0.25) is 0 Å². The summed E-state index contributed by atoms with van der Waals surface area (Å²) in [7, 11) is 0. The molecule has 0 fully saturated rings. The molecule has 0 aromatic heterocycles. The fraction of sp³-hybridized carbons (Fsp3) is 0.800. The lowest BCUT2D eigenvalue weighted by atomic mass is 9.87. The Morgan fingerprint density at radius 3 is 2.18 bits per heavy atom. The van der Waals surface area contributed by atoms with Gasteiger partial charge in [0.2, 0.25) is 0 Å². The molecular formula is C10H18O. The summed E-state index contributed by atoms with van der Waals surface area (Å²) >= 11 is 0. The third-order valence-electron chi connectivity index (χ3n) is 2.10. The minimum Gasteiger partial charge on any atom is -0.393 e. The molecule has 0 aliphatic heterocycles. The molecule has 0 heterocycles. The van der Waals surface area contributed by atoms with Crippen LogP contribution in [0.25, 0.3) is 0 Å². The van der Waals surface area contributed by atoms with Crippen LogP contribution in [-0.2, 0) is 0 Å². The predicted octanol–water partition coefficient (Wildman–Crippen LogP) is 2.05. The minimum atomic E-state index is -0.233. The van der Waals surface area contributed by atoms with Gasteiger partial charge in [0.05, 0.1) is 6.10 Å². The molecular weight excluding hydrogens is 136 g/mol. The predicted molar refractivity (Wildman–Crippen MR) is 48.1 cm³/mol. The van der Waals surface area contributed by atoms with E-state index in [0.717, 1.165) is 12.8 Å². The zero-order valence-corrected chi connectivity index (χ0v) is 7.67. The Morgan fingerprint density at radius 2 is 1.91 bits per heavy atom. The Kier molecular flexibility index (Phi) is 4.98. The van der Waals surface area contributed by atoms with Gasteiger partial charge >= 0.3 is 0 Å². The molecule has 0 aromatic carbocycles. The average molecular weight is 154 g/mol. The highest BCUT2D eigenvalue weighted by Crippen LogP contribution is 2.20. The zero-order chi connectivity index (χ0) is 8.85. The molecule has 0 aromatic rings. The van der Waals surface area contributed by atoms with Crippen molar-refractivity contribution in [3.05, 3.63) is 0 Å². The highest BCUT2D eigenvalue weighted by Gasteiger charge is 2.17. The summed E-state index contributed by atoms with van der Waals surface area (Å²) in [6, 6.07) is 0. The largest absolute Gasteiger partial charge is 0.393 e. The smallest absolute Gasteiger partial charge is 0.0543 e. The second-order valence-electron chi connectivity index (χ2n) is 3.39. The molecule has 11 heavy (non-hydrogen) atoms. The van der Waals surface area contributed by atoms with E-state index in [9.17, 15) is 5.11 Å². The van der Waals surface area contributed by atoms with Gasteiger partial charge in [-0.15, -0.1) is 12.3 Å². The quantitative estimate of drug-likeness (QED) is 0.614. The standard InChI is InChI=1S/C10H18O/c1-5-6-7-10(8(2)3)9(4)11/h1,8-11H,6-7H2,2-4H3. The summed E-state index contributed by atoms with van der Waals surface area (Å²) in [4.78, 5) is 0. The molecule has 0 rings (SSSR count).